The fourth-order valence-corrected chi connectivity index (χ4v) is 5.21. The maximum Gasteiger partial charge on any atom is 0.341 e. The molecule has 2 N–H and O–H groups in total. The summed E-state index contributed by atoms with van der Waals surface area (Å²) in [7, 11) is -3.32. The number of hydrogen-bond acceptors (Lipinski definition) is 4. The average Bonchev–Trinajstić information content (AvgIpc) is 2.95. The molecule has 1 aromatic rings. The van der Waals surface area contributed by atoms with E-state index in [0.717, 1.165) is 6.07 Å². The van der Waals surface area contributed by atoms with E-state index in [9.17, 15) is 19.1 Å². The molecule has 0 amide bonds. The van der Waals surface area contributed by atoms with Gasteiger partial charge in [-0.05, 0) is 24.5 Å². The van der Waals surface area contributed by atoms with Crippen LogP contribution in [0.2, 0.25) is 0 Å². The van der Waals surface area contributed by atoms with Gasteiger partial charge in [0.1, 0.15) is 0 Å². The van der Waals surface area contributed by atoms with E-state index in [1.54, 1.807) is 0 Å². The Morgan fingerprint density at radius 2 is 1.96 bits per heavy atom. The monoisotopic (exact) mass is 487 g/mol. The Morgan fingerprint density at radius 3 is 2.50 bits per heavy atom. The van der Waals surface area contributed by atoms with Crippen molar-refractivity contribution in [3.8, 4) is 0 Å². The zero-order chi connectivity index (χ0) is 17.7. The molecule has 0 saturated carbocycles. The van der Waals surface area contributed by atoms with Crippen LogP contribution in [0.5, 0.6) is 0 Å². The van der Waals surface area contributed by atoms with Gasteiger partial charge < -0.3 is 0 Å². The standard InChI is InChI=1S/C13H17Br2FN3O4P/c14-5-7-17-24(22,18-8-6-15)23-12-4-2-10-9(12)1-3-11(13(10)16)19(20)21/h1,3,12H,2,4-8H2,(H2,17,18,22)/t12-/m1/s1. The third-order valence-electron chi connectivity index (χ3n) is 3.56. The molecule has 134 valence electrons. The van der Waals surface area contributed by atoms with Gasteiger partial charge in [0.15, 0.2) is 0 Å². The second kappa shape index (κ2) is 8.82. The van der Waals surface area contributed by atoms with E-state index in [-0.39, 0.29) is 5.56 Å². The number of rotatable bonds is 9. The highest BCUT2D eigenvalue weighted by Crippen LogP contribution is 2.48. The molecule has 2 rings (SSSR count). The minimum Gasteiger partial charge on any atom is -0.298 e. The van der Waals surface area contributed by atoms with Crippen LogP contribution in [0.25, 0.3) is 0 Å². The molecule has 0 saturated heterocycles. The maximum absolute atomic E-state index is 14.2. The van der Waals surface area contributed by atoms with Gasteiger partial charge in [0.05, 0.1) is 11.0 Å². The highest BCUT2D eigenvalue weighted by molar-refractivity contribution is 9.09. The molecule has 1 aliphatic carbocycles. The van der Waals surface area contributed by atoms with E-state index in [2.05, 4.69) is 42.0 Å². The lowest BCUT2D eigenvalue weighted by molar-refractivity contribution is -0.387. The number of halogens is 3. The molecule has 1 aliphatic rings. The Kier molecular flexibility index (Phi) is 7.33. The van der Waals surface area contributed by atoms with Crippen LogP contribution in [0.15, 0.2) is 12.1 Å². The Morgan fingerprint density at radius 1 is 1.33 bits per heavy atom. The summed E-state index contributed by atoms with van der Waals surface area (Å²) in [6, 6.07) is 2.60. The second-order valence-corrected chi connectivity index (χ2v) is 8.63. The van der Waals surface area contributed by atoms with Gasteiger partial charge in [0, 0.05) is 35.4 Å². The SMILES string of the molecule is O=[N+]([O-])c1ccc2c(c1F)CC[C@H]2OP(=O)(NCCBr)NCCBr. The van der Waals surface area contributed by atoms with Crippen LogP contribution < -0.4 is 10.2 Å². The van der Waals surface area contributed by atoms with Crippen molar-refractivity contribution in [3.63, 3.8) is 0 Å². The topological polar surface area (TPSA) is 93.5 Å². The molecule has 0 radical (unpaired) electrons. The third kappa shape index (κ3) is 4.62. The summed E-state index contributed by atoms with van der Waals surface area (Å²) in [5.74, 6) is -0.833. The molecule has 0 unspecified atom stereocenters. The molecule has 24 heavy (non-hydrogen) atoms. The minimum atomic E-state index is -3.32. The first-order chi connectivity index (χ1) is 11.4. The average molecular weight is 489 g/mol. The van der Waals surface area contributed by atoms with E-state index >= 15 is 0 Å². The summed E-state index contributed by atoms with van der Waals surface area (Å²) in [4.78, 5) is 10.1. The molecule has 0 aliphatic heterocycles. The van der Waals surface area contributed by atoms with Gasteiger partial charge in [-0.25, -0.2) is 10.2 Å². The summed E-state index contributed by atoms with van der Waals surface area (Å²) < 4.78 is 32.8. The fourth-order valence-electron chi connectivity index (χ4n) is 2.55. The normalized spacial score (nSPS) is 17.0. The molecule has 0 heterocycles. The molecule has 1 aromatic carbocycles. The van der Waals surface area contributed by atoms with E-state index in [4.69, 9.17) is 4.52 Å². The van der Waals surface area contributed by atoms with Crippen LogP contribution in [0.1, 0.15) is 23.7 Å². The second-order valence-electron chi connectivity index (χ2n) is 5.10. The lowest BCUT2D eigenvalue weighted by Gasteiger charge is -2.24. The van der Waals surface area contributed by atoms with Gasteiger partial charge in [-0.1, -0.05) is 31.9 Å². The summed E-state index contributed by atoms with van der Waals surface area (Å²) in [6.07, 6.45) is 0.153. The van der Waals surface area contributed by atoms with Crippen molar-refractivity contribution in [1.82, 2.24) is 10.2 Å². The number of hydrogen-bond donors (Lipinski definition) is 2. The van der Waals surface area contributed by atoms with Crippen molar-refractivity contribution in [2.75, 3.05) is 23.7 Å². The van der Waals surface area contributed by atoms with Gasteiger partial charge in [-0.15, -0.1) is 0 Å². The summed E-state index contributed by atoms with van der Waals surface area (Å²) in [5.41, 5.74) is 0.230. The minimum absolute atomic E-state index is 0.265. The van der Waals surface area contributed by atoms with Crippen molar-refractivity contribution in [2.45, 2.75) is 18.9 Å². The van der Waals surface area contributed by atoms with Gasteiger partial charge in [0.2, 0.25) is 5.82 Å². The van der Waals surface area contributed by atoms with E-state index in [0.29, 0.717) is 42.2 Å². The lowest BCUT2D eigenvalue weighted by atomic mass is 10.1. The van der Waals surface area contributed by atoms with Gasteiger partial charge in [-0.2, -0.15) is 4.39 Å². The zero-order valence-corrected chi connectivity index (χ0v) is 16.7. The number of nitrogens with zero attached hydrogens (tertiary/aromatic N) is 1. The first kappa shape index (κ1) is 19.9. The van der Waals surface area contributed by atoms with Gasteiger partial charge in [-0.3, -0.25) is 19.2 Å². The molecule has 0 bridgehead atoms. The number of fused-ring (bicyclic) bond motifs is 1. The predicted molar refractivity (Wildman–Crippen MR) is 96.4 cm³/mol. The first-order valence-corrected chi connectivity index (χ1v) is 11.1. The Labute approximate surface area is 155 Å². The summed E-state index contributed by atoms with van der Waals surface area (Å²) >= 11 is 6.50. The number of benzene rings is 1. The Hall–Kier alpha value is -0.380. The molecule has 1 atom stereocenters. The highest BCUT2D eigenvalue weighted by atomic mass is 79.9. The van der Waals surface area contributed by atoms with Crippen LogP contribution in [-0.2, 0) is 15.5 Å². The van der Waals surface area contributed by atoms with Crippen molar-refractivity contribution >= 4 is 45.2 Å². The highest BCUT2D eigenvalue weighted by Gasteiger charge is 2.35. The fraction of sp³-hybridized carbons (Fsp3) is 0.538. The molecule has 11 heteroatoms. The number of nitro groups is 1. The molecular formula is C13H17Br2FN3O4P. The van der Waals surface area contributed by atoms with Crippen LogP contribution in [-0.4, -0.2) is 28.7 Å². The van der Waals surface area contributed by atoms with Crippen LogP contribution >= 0.6 is 39.5 Å². The molecular weight excluding hydrogens is 472 g/mol. The largest absolute Gasteiger partial charge is 0.341 e. The van der Waals surface area contributed by atoms with Gasteiger partial charge >= 0.3 is 13.4 Å². The Balaban J connectivity index is 2.21. The molecule has 7 nitrogen and oxygen atoms in total. The predicted octanol–water partition coefficient (Wildman–Crippen LogP) is 3.81. The van der Waals surface area contributed by atoms with Crippen molar-refractivity contribution in [1.29, 1.82) is 0 Å². The van der Waals surface area contributed by atoms with Crippen molar-refractivity contribution in [2.24, 2.45) is 0 Å². The van der Waals surface area contributed by atoms with E-state index < -0.39 is 30.2 Å². The van der Waals surface area contributed by atoms with Crippen molar-refractivity contribution < 1.29 is 18.4 Å². The molecule has 0 aromatic heterocycles. The number of alkyl halides is 2. The van der Waals surface area contributed by atoms with Crippen LogP contribution in [0.4, 0.5) is 10.1 Å². The summed E-state index contributed by atoms with van der Waals surface area (Å²) in [5, 5.41) is 17.7. The van der Waals surface area contributed by atoms with Gasteiger partial charge in [0.25, 0.3) is 0 Å². The van der Waals surface area contributed by atoms with Crippen LogP contribution in [0.3, 0.4) is 0 Å². The quantitative estimate of drug-likeness (QED) is 0.237. The summed E-state index contributed by atoms with van der Waals surface area (Å²) in [6.45, 7) is 0.863. The van der Waals surface area contributed by atoms with Crippen LogP contribution in [0, 0.1) is 15.9 Å². The smallest absolute Gasteiger partial charge is 0.298 e. The molecule has 0 spiro atoms. The lowest BCUT2D eigenvalue weighted by Crippen LogP contribution is -2.27. The molecule has 0 fully saturated rings. The van der Waals surface area contributed by atoms with E-state index in [1.807, 2.05) is 0 Å². The first-order valence-electron chi connectivity index (χ1n) is 7.28. The van der Waals surface area contributed by atoms with E-state index in [1.165, 1.54) is 6.07 Å². The maximum atomic E-state index is 14.2. The Bertz CT molecular complexity index is 652. The zero-order valence-electron chi connectivity index (χ0n) is 12.6. The number of nitrogens with one attached hydrogen (secondary N) is 2. The van der Waals surface area contributed by atoms with Crippen molar-refractivity contribution in [3.05, 3.63) is 39.2 Å². The number of nitro benzene ring substituents is 1. The third-order valence-corrected chi connectivity index (χ3v) is 6.19.